The minimum atomic E-state index is -1.81. The third kappa shape index (κ3) is 5.42. The van der Waals surface area contributed by atoms with Gasteiger partial charge in [-0.3, -0.25) is 9.59 Å². The van der Waals surface area contributed by atoms with Crippen molar-refractivity contribution in [3.8, 4) is 12.3 Å². The Hall–Kier alpha value is -2.32. The van der Waals surface area contributed by atoms with E-state index in [1.54, 1.807) is 24.3 Å². The van der Waals surface area contributed by atoms with E-state index in [-0.39, 0.29) is 12.3 Å². The molecule has 5 nitrogen and oxygen atoms in total. The van der Waals surface area contributed by atoms with Gasteiger partial charge in [0, 0.05) is 5.56 Å². The molecular weight excluding hydrogens is 294 g/mol. The second kappa shape index (κ2) is 7.80. The third-order valence-corrected chi connectivity index (χ3v) is 3.57. The fraction of sp³-hybridized carbons (Fsp3) is 0.444. The van der Waals surface area contributed by atoms with Crippen LogP contribution in [0.25, 0.3) is 0 Å². The lowest BCUT2D eigenvalue weighted by Gasteiger charge is -2.26. The monoisotopic (exact) mass is 317 g/mol. The molecule has 0 aliphatic heterocycles. The van der Waals surface area contributed by atoms with Gasteiger partial charge in [0.1, 0.15) is 5.60 Å². The molecule has 1 rings (SSSR count). The maximum atomic E-state index is 12.3. The molecule has 0 heterocycles. The van der Waals surface area contributed by atoms with Gasteiger partial charge in [-0.2, -0.15) is 0 Å². The van der Waals surface area contributed by atoms with E-state index in [1.807, 2.05) is 13.8 Å². The Bertz CT molecular complexity index is 614. The van der Waals surface area contributed by atoms with Crippen molar-refractivity contribution in [2.45, 2.75) is 39.2 Å². The minimum Gasteiger partial charge on any atom is -0.481 e. The fourth-order valence-corrected chi connectivity index (χ4v) is 2.39. The van der Waals surface area contributed by atoms with Crippen LogP contribution in [0.1, 0.15) is 39.2 Å². The topological polar surface area (TPSA) is 86.6 Å². The van der Waals surface area contributed by atoms with Crippen LogP contribution in [-0.4, -0.2) is 27.7 Å². The number of amides is 1. The number of hydrogen-bond donors (Lipinski definition) is 3. The van der Waals surface area contributed by atoms with Crippen molar-refractivity contribution in [3.63, 3.8) is 0 Å². The highest BCUT2D eigenvalue weighted by molar-refractivity contribution is 5.98. The van der Waals surface area contributed by atoms with Crippen LogP contribution in [0.2, 0.25) is 0 Å². The zero-order valence-electron chi connectivity index (χ0n) is 13.7. The van der Waals surface area contributed by atoms with E-state index < -0.39 is 23.4 Å². The molecule has 0 saturated heterocycles. The molecule has 2 unspecified atom stereocenters. The Kier molecular flexibility index (Phi) is 6.35. The number of rotatable bonds is 7. The molecule has 0 aliphatic rings. The van der Waals surface area contributed by atoms with Crippen molar-refractivity contribution in [2.75, 3.05) is 5.32 Å². The van der Waals surface area contributed by atoms with Gasteiger partial charge in [0.2, 0.25) is 0 Å². The van der Waals surface area contributed by atoms with Gasteiger partial charge in [-0.1, -0.05) is 31.9 Å². The first-order valence-corrected chi connectivity index (χ1v) is 7.49. The lowest BCUT2D eigenvalue weighted by atomic mass is 9.86. The summed E-state index contributed by atoms with van der Waals surface area (Å²) in [7, 11) is 0. The highest BCUT2D eigenvalue weighted by Gasteiger charge is 2.36. The normalized spacial score (nSPS) is 14.6. The SMILES string of the molecule is C#Cc1ccccc1NC(=O)C(C)(O)CC(CC(C)C)C(=O)O. The summed E-state index contributed by atoms with van der Waals surface area (Å²) in [4.78, 5) is 23.6. The van der Waals surface area contributed by atoms with Gasteiger partial charge in [0.25, 0.3) is 5.91 Å². The van der Waals surface area contributed by atoms with Gasteiger partial charge in [-0.15, -0.1) is 6.42 Å². The summed E-state index contributed by atoms with van der Waals surface area (Å²) in [5.74, 6) is 0.115. The quantitative estimate of drug-likeness (QED) is 0.674. The maximum absolute atomic E-state index is 12.3. The highest BCUT2D eigenvalue weighted by Crippen LogP contribution is 2.25. The molecule has 0 aromatic heterocycles. The van der Waals surface area contributed by atoms with Crippen molar-refractivity contribution in [1.29, 1.82) is 0 Å². The molecule has 23 heavy (non-hydrogen) atoms. The van der Waals surface area contributed by atoms with Gasteiger partial charge in [-0.05, 0) is 37.8 Å². The van der Waals surface area contributed by atoms with Gasteiger partial charge in [-0.25, -0.2) is 0 Å². The number of aliphatic carboxylic acids is 1. The number of terminal acetylenes is 1. The van der Waals surface area contributed by atoms with Crippen LogP contribution in [-0.2, 0) is 9.59 Å². The van der Waals surface area contributed by atoms with Crippen molar-refractivity contribution in [3.05, 3.63) is 29.8 Å². The van der Waals surface area contributed by atoms with E-state index in [0.29, 0.717) is 17.7 Å². The fourth-order valence-electron chi connectivity index (χ4n) is 2.39. The van der Waals surface area contributed by atoms with E-state index >= 15 is 0 Å². The smallest absolute Gasteiger partial charge is 0.306 e. The van der Waals surface area contributed by atoms with Crippen LogP contribution in [0, 0.1) is 24.2 Å². The van der Waals surface area contributed by atoms with Crippen molar-refractivity contribution in [1.82, 2.24) is 0 Å². The standard InChI is InChI=1S/C18H23NO4/c1-5-13-8-6-7-9-15(13)19-17(22)18(4,23)11-14(16(20)21)10-12(2)3/h1,6-9,12,14,23H,10-11H2,2-4H3,(H,19,22)(H,20,21). The predicted molar refractivity (Wildman–Crippen MR) is 88.8 cm³/mol. The molecule has 0 radical (unpaired) electrons. The summed E-state index contributed by atoms with van der Waals surface area (Å²) in [5.41, 5.74) is -0.899. The van der Waals surface area contributed by atoms with Gasteiger partial charge >= 0.3 is 5.97 Å². The first kappa shape index (κ1) is 18.7. The van der Waals surface area contributed by atoms with Gasteiger partial charge < -0.3 is 15.5 Å². The largest absolute Gasteiger partial charge is 0.481 e. The Labute approximate surface area is 136 Å². The Morgan fingerprint density at radius 3 is 2.48 bits per heavy atom. The second-order valence-corrected chi connectivity index (χ2v) is 6.29. The molecule has 124 valence electrons. The molecule has 0 spiro atoms. The first-order valence-electron chi connectivity index (χ1n) is 7.49. The Morgan fingerprint density at radius 1 is 1.35 bits per heavy atom. The lowest BCUT2D eigenvalue weighted by Crippen LogP contribution is -2.43. The van der Waals surface area contributed by atoms with Gasteiger partial charge in [0.15, 0.2) is 0 Å². The summed E-state index contributed by atoms with van der Waals surface area (Å²) in [6, 6.07) is 6.76. The van der Waals surface area contributed by atoms with Crippen molar-refractivity contribution >= 4 is 17.6 Å². The number of para-hydroxylation sites is 1. The average Bonchev–Trinajstić information content (AvgIpc) is 2.46. The summed E-state index contributed by atoms with van der Waals surface area (Å²) < 4.78 is 0. The molecule has 0 fully saturated rings. The predicted octanol–water partition coefficient (Wildman–Crippen LogP) is 2.49. The van der Waals surface area contributed by atoms with Crippen LogP contribution in [0.3, 0.4) is 0 Å². The molecule has 1 amide bonds. The molecule has 0 saturated carbocycles. The van der Waals surface area contributed by atoms with E-state index in [1.165, 1.54) is 6.92 Å². The Morgan fingerprint density at radius 2 is 1.96 bits per heavy atom. The van der Waals surface area contributed by atoms with E-state index in [4.69, 9.17) is 6.42 Å². The number of carbonyl (C=O) groups excluding carboxylic acids is 1. The number of carboxylic acids is 1. The molecule has 3 N–H and O–H groups in total. The van der Waals surface area contributed by atoms with E-state index in [2.05, 4.69) is 11.2 Å². The summed E-state index contributed by atoms with van der Waals surface area (Å²) in [6.07, 6.45) is 5.60. The van der Waals surface area contributed by atoms with Crippen LogP contribution >= 0.6 is 0 Å². The molecule has 0 aliphatic carbocycles. The molecular formula is C18H23NO4. The van der Waals surface area contributed by atoms with Crippen LogP contribution in [0.4, 0.5) is 5.69 Å². The zero-order valence-corrected chi connectivity index (χ0v) is 13.7. The van der Waals surface area contributed by atoms with E-state index in [9.17, 15) is 19.8 Å². The summed E-state index contributed by atoms with van der Waals surface area (Å²) in [5, 5.41) is 22.3. The van der Waals surface area contributed by atoms with Crippen LogP contribution in [0.15, 0.2) is 24.3 Å². The lowest BCUT2D eigenvalue weighted by molar-refractivity contribution is -0.147. The third-order valence-electron chi connectivity index (χ3n) is 3.57. The molecule has 0 bridgehead atoms. The zero-order chi connectivity index (χ0) is 17.6. The number of anilines is 1. The highest BCUT2D eigenvalue weighted by atomic mass is 16.4. The maximum Gasteiger partial charge on any atom is 0.306 e. The Balaban J connectivity index is 2.88. The molecule has 2 atom stereocenters. The van der Waals surface area contributed by atoms with Crippen molar-refractivity contribution in [2.24, 2.45) is 11.8 Å². The van der Waals surface area contributed by atoms with Crippen LogP contribution in [0.5, 0.6) is 0 Å². The number of carboxylic acid groups (broad SMARTS) is 1. The molecule has 1 aromatic carbocycles. The number of benzene rings is 1. The van der Waals surface area contributed by atoms with Crippen LogP contribution < -0.4 is 5.32 Å². The molecule has 1 aromatic rings. The first-order chi connectivity index (χ1) is 10.7. The summed E-state index contributed by atoms with van der Waals surface area (Å²) in [6.45, 7) is 5.11. The number of hydrogen-bond acceptors (Lipinski definition) is 3. The average molecular weight is 317 g/mol. The summed E-state index contributed by atoms with van der Waals surface area (Å²) >= 11 is 0. The van der Waals surface area contributed by atoms with E-state index in [0.717, 1.165) is 0 Å². The minimum absolute atomic E-state index is 0.150. The second-order valence-electron chi connectivity index (χ2n) is 6.29. The van der Waals surface area contributed by atoms with Crippen molar-refractivity contribution < 1.29 is 19.8 Å². The number of nitrogens with one attached hydrogen (secondary N) is 1. The number of aliphatic hydroxyl groups is 1. The molecule has 5 heteroatoms. The van der Waals surface area contributed by atoms with Gasteiger partial charge in [0.05, 0.1) is 11.6 Å². The number of carbonyl (C=O) groups is 2.